The lowest BCUT2D eigenvalue weighted by Gasteiger charge is -2.16. The molecule has 2 amide bonds. The van der Waals surface area contributed by atoms with E-state index in [0.717, 1.165) is 12.3 Å². The summed E-state index contributed by atoms with van der Waals surface area (Å²) in [5.41, 5.74) is -0.312. The third kappa shape index (κ3) is 3.78. The number of hydrogen-bond donors (Lipinski definition) is 1. The van der Waals surface area contributed by atoms with Crippen molar-refractivity contribution in [3.63, 3.8) is 0 Å². The maximum atomic E-state index is 12.7. The first-order valence-corrected chi connectivity index (χ1v) is 7.53. The van der Waals surface area contributed by atoms with Crippen LogP contribution in [0.3, 0.4) is 0 Å². The molecule has 2 heterocycles. The van der Waals surface area contributed by atoms with Gasteiger partial charge in [-0.3, -0.25) is 14.6 Å². The number of halogens is 3. The van der Waals surface area contributed by atoms with Crippen LogP contribution in [-0.4, -0.2) is 23.3 Å². The predicted octanol–water partition coefficient (Wildman–Crippen LogP) is 3.09. The molecule has 1 aromatic carbocycles. The van der Waals surface area contributed by atoms with Crippen LogP contribution in [0.1, 0.15) is 12.0 Å². The normalized spacial score (nSPS) is 17.6. The summed E-state index contributed by atoms with van der Waals surface area (Å²) >= 11 is 0. The van der Waals surface area contributed by atoms with Crippen LogP contribution in [0.15, 0.2) is 48.8 Å². The first-order chi connectivity index (χ1) is 11.8. The smallest absolute Gasteiger partial charge is 0.324 e. The van der Waals surface area contributed by atoms with Gasteiger partial charge in [0.05, 0.1) is 23.4 Å². The van der Waals surface area contributed by atoms with E-state index in [9.17, 15) is 22.8 Å². The molecule has 1 fully saturated rings. The lowest BCUT2D eigenvalue weighted by Crippen LogP contribution is -2.28. The van der Waals surface area contributed by atoms with Crippen molar-refractivity contribution in [3.8, 4) is 0 Å². The molecule has 1 unspecified atom stereocenters. The van der Waals surface area contributed by atoms with Crippen LogP contribution in [-0.2, 0) is 15.8 Å². The summed E-state index contributed by atoms with van der Waals surface area (Å²) in [4.78, 5) is 29.4. The van der Waals surface area contributed by atoms with E-state index in [0.29, 0.717) is 11.9 Å². The summed E-state index contributed by atoms with van der Waals surface area (Å²) in [6.45, 7) is 0.182. The number of aromatic nitrogens is 1. The molecule has 0 radical (unpaired) electrons. The summed E-state index contributed by atoms with van der Waals surface area (Å²) < 4.78 is 38.1. The summed E-state index contributed by atoms with van der Waals surface area (Å²) in [5.74, 6) is -1.34. The SMILES string of the molecule is O=C(Nc1cncc(C(F)(F)F)c1)C1CC(=O)N(c2ccccc2)C1. The number of alkyl halides is 3. The molecular formula is C17H14F3N3O2. The van der Waals surface area contributed by atoms with Gasteiger partial charge in [0.1, 0.15) is 0 Å². The van der Waals surface area contributed by atoms with Crippen molar-refractivity contribution in [3.05, 3.63) is 54.4 Å². The van der Waals surface area contributed by atoms with E-state index in [4.69, 9.17) is 0 Å². The lowest BCUT2D eigenvalue weighted by atomic mass is 10.1. The zero-order chi connectivity index (χ0) is 18.0. The Morgan fingerprint density at radius 1 is 1.20 bits per heavy atom. The Balaban J connectivity index is 1.70. The van der Waals surface area contributed by atoms with Gasteiger partial charge >= 0.3 is 6.18 Å². The monoisotopic (exact) mass is 349 g/mol. The third-order valence-corrected chi connectivity index (χ3v) is 3.90. The van der Waals surface area contributed by atoms with Crippen molar-refractivity contribution in [2.45, 2.75) is 12.6 Å². The number of carbonyl (C=O) groups is 2. The van der Waals surface area contributed by atoms with E-state index in [2.05, 4.69) is 10.3 Å². The molecule has 2 aromatic rings. The van der Waals surface area contributed by atoms with E-state index in [1.54, 1.807) is 24.3 Å². The van der Waals surface area contributed by atoms with Crippen molar-refractivity contribution in [1.82, 2.24) is 4.98 Å². The molecule has 130 valence electrons. The van der Waals surface area contributed by atoms with E-state index in [1.165, 1.54) is 4.90 Å². The van der Waals surface area contributed by atoms with Crippen molar-refractivity contribution in [2.24, 2.45) is 5.92 Å². The fourth-order valence-corrected chi connectivity index (χ4v) is 2.65. The van der Waals surface area contributed by atoms with Crippen LogP contribution in [0.5, 0.6) is 0 Å². The van der Waals surface area contributed by atoms with E-state index >= 15 is 0 Å². The van der Waals surface area contributed by atoms with Crippen molar-refractivity contribution in [1.29, 1.82) is 0 Å². The van der Waals surface area contributed by atoms with Crippen molar-refractivity contribution < 1.29 is 22.8 Å². The molecule has 8 heteroatoms. The number of carbonyl (C=O) groups excluding carboxylic acids is 2. The number of nitrogens with zero attached hydrogens (tertiary/aromatic N) is 2. The number of rotatable bonds is 3. The molecule has 1 aromatic heterocycles. The van der Waals surface area contributed by atoms with E-state index < -0.39 is 23.6 Å². The second kappa shape index (κ2) is 6.54. The standard InChI is InChI=1S/C17H14F3N3O2/c18-17(19,20)12-7-13(9-21-8-12)22-16(25)11-6-15(24)23(10-11)14-4-2-1-3-5-14/h1-5,7-9,11H,6,10H2,(H,22,25). The predicted molar refractivity (Wildman–Crippen MR) is 84.8 cm³/mol. The van der Waals surface area contributed by atoms with E-state index in [1.807, 2.05) is 6.07 Å². The molecule has 3 rings (SSSR count). The molecule has 1 aliphatic heterocycles. The van der Waals surface area contributed by atoms with E-state index in [-0.39, 0.29) is 24.6 Å². The Morgan fingerprint density at radius 3 is 2.60 bits per heavy atom. The van der Waals surface area contributed by atoms with Gasteiger partial charge in [-0.25, -0.2) is 0 Å². The Morgan fingerprint density at radius 2 is 1.92 bits per heavy atom. The van der Waals surface area contributed by atoms with Gasteiger partial charge in [0.25, 0.3) is 0 Å². The number of amides is 2. The van der Waals surface area contributed by atoms with Crippen molar-refractivity contribution in [2.75, 3.05) is 16.8 Å². The van der Waals surface area contributed by atoms with Crippen LogP contribution in [0.25, 0.3) is 0 Å². The Bertz CT molecular complexity index is 793. The Kier molecular flexibility index (Phi) is 4.43. The van der Waals surface area contributed by atoms with Gasteiger partial charge in [0.2, 0.25) is 11.8 Å². The summed E-state index contributed by atoms with van der Waals surface area (Å²) in [6.07, 6.45) is -2.71. The highest BCUT2D eigenvalue weighted by molar-refractivity contribution is 6.03. The van der Waals surface area contributed by atoms with Gasteiger partial charge in [-0.2, -0.15) is 13.2 Å². The topological polar surface area (TPSA) is 62.3 Å². The zero-order valence-corrected chi connectivity index (χ0v) is 13.0. The molecule has 1 atom stereocenters. The number of pyridine rings is 1. The molecule has 0 spiro atoms. The number of benzene rings is 1. The van der Waals surface area contributed by atoms with Gasteiger partial charge in [-0.15, -0.1) is 0 Å². The summed E-state index contributed by atoms with van der Waals surface area (Å²) in [5, 5.41) is 2.41. The molecule has 0 saturated carbocycles. The number of para-hydroxylation sites is 1. The first-order valence-electron chi connectivity index (χ1n) is 7.53. The minimum Gasteiger partial charge on any atom is -0.324 e. The maximum Gasteiger partial charge on any atom is 0.417 e. The maximum absolute atomic E-state index is 12.7. The molecule has 1 N–H and O–H groups in total. The molecule has 0 aliphatic carbocycles. The van der Waals surface area contributed by atoms with Gasteiger partial charge < -0.3 is 10.2 Å². The van der Waals surface area contributed by atoms with Gasteiger partial charge in [0.15, 0.2) is 0 Å². The first kappa shape index (κ1) is 16.9. The average molecular weight is 349 g/mol. The van der Waals surface area contributed by atoms with Crippen LogP contribution in [0.4, 0.5) is 24.5 Å². The summed E-state index contributed by atoms with van der Waals surface area (Å²) in [6, 6.07) is 9.71. The quantitative estimate of drug-likeness (QED) is 0.926. The van der Waals surface area contributed by atoms with Gasteiger partial charge in [0, 0.05) is 24.8 Å². The van der Waals surface area contributed by atoms with Gasteiger partial charge in [-0.05, 0) is 18.2 Å². The minimum absolute atomic E-state index is 0.00706. The molecule has 1 aliphatic rings. The second-order valence-electron chi connectivity index (χ2n) is 5.69. The molecular weight excluding hydrogens is 335 g/mol. The zero-order valence-electron chi connectivity index (χ0n) is 13.0. The molecule has 1 saturated heterocycles. The van der Waals surface area contributed by atoms with Crippen LogP contribution in [0, 0.1) is 5.92 Å². The minimum atomic E-state index is -4.54. The highest BCUT2D eigenvalue weighted by atomic mass is 19.4. The largest absolute Gasteiger partial charge is 0.417 e. The van der Waals surface area contributed by atoms with Crippen LogP contribution in [0.2, 0.25) is 0 Å². The number of hydrogen-bond acceptors (Lipinski definition) is 3. The second-order valence-corrected chi connectivity index (χ2v) is 5.69. The van der Waals surface area contributed by atoms with Gasteiger partial charge in [-0.1, -0.05) is 18.2 Å². The highest BCUT2D eigenvalue weighted by Crippen LogP contribution is 2.30. The highest BCUT2D eigenvalue weighted by Gasteiger charge is 2.35. The summed E-state index contributed by atoms with van der Waals surface area (Å²) in [7, 11) is 0. The Labute approximate surface area is 141 Å². The lowest BCUT2D eigenvalue weighted by molar-refractivity contribution is -0.137. The third-order valence-electron chi connectivity index (χ3n) is 3.90. The van der Waals surface area contributed by atoms with Crippen LogP contribution < -0.4 is 10.2 Å². The van der Waals surface area contributed by atoms with Crippen LogP contribution >= 0.6 is 0 Å². The number of anilines is 2. The average Bonchev–Trinajstić information content (AvgIpc) is 2.97. The fourth-order valence-electron chi connectivity index (χ4n) is 2.65. The molecule has 5 nitrogen and oxygen atoms in total. The van der Waals surface area contributed by atoms with Crippen molar-refractivity contribution >= 4 is 23.2 Å². The Hall–Kier alpha value is -2.90. The fraction of sp³-hybridized carbons (Fsp3) is 0.235. The number of nitrogens with one attached hydrogen (secondary N) is 1. The molecule has 25 heavy (non-hydrogen) atoms. The molecule has 0 bridgehead atoms.